The number of benzene rings is 1. The SMILES string of the molecule is N#CCc1cc(Cl)c2c(c1)OCCCO2. The third-order valence-corrected chi connectivity index (χ3v) is 2.43. The van der Waals surface area contributed by atoms with Crippen molar-refractivity contribution in [2.75, 3.05) is 13.2 Å². The quantitative estimate of drug-likeness (QED) is 0.735. The summed E-state index contributed by atoms with van der Waals surface area (Å²) in [6, 6.07) is 5.64. The predicted molar refractivity (Wildman–Crippen MR) is 56.4 cm³/mol. The topological polar surface area (TPSA) is 42.2 Å². The first-order valence-corrected chi connectivity index (χ1v) is 5.14. The van der Waals surface area contributed by atoms with E-state index in [1.54, 1.807) is 6.07 Å². The van der Waals surface area contributed by atoms with Crippen LogP contribution in [0.1, 0.15) is 12.0 Å². The minimum Gasteiger partial charge on any atom is -0.489 e. The average molecular weight is 224 g/mol. The first kappa shape index (κ1) is 10.1. The van der Waals surface area contributed by atoms with E-state index in [1.807, 2.05) is 6.07 Å². The summed E-state index contributed by atoms with van der Waals surface area (Å²) in [6.07, 6.45) is 1.18. The van der Waals surface area contributed by atoms with Crippen LogP contribution in [0.3, 0.4) is 0 Å². The molecule has 0 saturated carbocycles. The Kier molecular flexibility index (Phi) is 2.98. The van der Waals surface area contributed by atoms with Crippen LogP contribution in [-0.4, -0.2) is 13.2 Å². The molecule has 0 atom stereocenters. The number of halogens is 1. The van der Waals surface area contributed by atoms with Crippen LogP contribution in [0.5, 0.6) is 11.5 Å². The summed E-state index contributed by atoms with van der Waals surface area (Å²) in [5.74, 6) is 1.24. The van der Waals surface area contributed by atoms with Crippen molar-refractivity contribution in [1.82, 2.24) is 0 Å². The van der Waals surface area contributed by atoms with Gasteiger partial charge in [-0.2, -0.15) is 5.26 Å². The number of ether oxygens (including phenoxy) is 2. The highest BCUT2D eigenvalue weighted by Gasteiger charge is 2.15. The highest BCUT2D eigenvalue weighted by atomic mass is 35.5. The zero-order valence-electron chi connectivity index (χ0n) is 8.12. The molecular formula is C11H10ClNO2. The second-order valence-corrected chi connectivity index (χ2v) is 3.70. The van der Waals surface area contributed by atoms with Crippen LogP contribution in [0.4, 0.5) is 0 Å². The van der Waals surface area contributed by atoms with Gasteiger partial charge in [0, 0.05) is 6.42 Å². The predicted octanol–water partition coefficient (Wildman–Crippen LogP) is 2.57. The molecule has 0 radical (unpaired) electrons. The van der Waals surface area contributed by atoms with Gasteiger partial charge in [0.05, 0.1) is 30.7 Å². The summed E-state index contributed by atoms with van der Waals surface area (Å²) in [7, 11) is 0. The lowest BCUT2D eigenvalue weighted by molar-refractivity contribution is 0.297. The van der Waals surface area contributed by atoms with Gasteiger partial charge in [0.25, 0.3) is 0 Å². The van der Waals surface area contributed by atoms with Crippen molar-refractivity contribution in [2.24, 2.45) is 0 Å². The van der Waals surface area contributed by atoms with Crippen molar-refractivity contribution in [3.63, 3.8) is 0 Å². The van der Waals surface area contributed by atoms with E-state index in [0.29, 0.717) is 36.2 Å². The summed E-state index contributed by atoms with van der Waals surface area (Å²) < 4.78 is 11.0. The van der Waals surface area contributed by atoms with E-state index in [2.05, 4.69) is 6.07 Å². The Labute approximate surface area is 93.2 Å². The molecule has 0 amide bonds. The summed E-state index contributed by atoms with van der Waals surface area (Å²) in [5.41, 5.74) is 0.853. The molecule has 1 aliphatic rings. The molecular weight excluding hydrogens is 214 g/mol. The molecule has 0 aromatic heterocycles. The van der Waals surface area contributed by atoms with Gasteiger partial charge >= 0.3 is 0 Å². The Morgan fingerprint density at radius 3 is 2.93 bits per heavy atom. The molecule has 1 aromatic carbocycles. The van der Waals surface area contributed by atoms with Gasteiger partial charge in [0.15, 0.2) is 11.5 Å². The zero-order valence-corrected chi connectivity index (χ0v) is 8.88. The van der Waals surface area contributed by atoms with Gasteiger partial charge in [-0.15, -0.1) is 0 Å². The van der Waals surface area contributed by atoms with Crippen LogP contribution >= 0.6 is 11.6 Å². The second kappa shape index (κ2) is 4.41. The monoisotopic (exact) mass is 223 g/mol. The molecule has 0 aliphatic carbocycles. The van der Waals surface area contributed by atoms with E-state index in [0.717, 1.165) is 12.0 Å². The van der Waals surface area contributed by atoms with Crippen molar-refractivity contribution < 1.29 is 9.47 Å². The molecule has 0 saturated heterocycles. The molecule has 4 heteroatoms. The van der Waals surface area contributed by atoms with Crippen molar-refractivity contribution in [2.45, 2.75) is 12.8 Å². The standard InChI is InChI=1S/C11H10ClNO2/c12-9-6-8(2-3-13)7-10-11(9)15-5-1-4-14-10/h6-7H,1-2,4-5H2. The molecule has 15 heavy (non-hydrogen) atoms. The van der Waals surface area contributed by atoms with Crippen molar-refractivity contribution in [3.8, 4) is 17.6 Å². The van der Waals surface area contributed by atoms with Crippen LogP contribution in [0.25, 0.3) is 0 Å². The number of nitrogens with zero attached hydrogens (tertiary/aromatic N) is 1. The molecule has 1 heterocycles. The van der Waals surface area contributed by atoms with Gasteiger partial charge in [-0.1, -0.05) is 11.6 Å². The average Bonchev–Trinajstić information content (AvgIpc) is 2.43. The smallest absolute Gasteiger partial charge is 0.179 e. The fraction of sp³-hybridized carbons (Fsp3) is 0.364. The molecule has 0 fully saturated rings. The molecule has 0 spiro atoms. The third-order valence-electron chi connectivity index (χ3n) is 2.15. The Bertz CT molecular complexity index is 412. The lowest BCUT2D eigenvalue weighted by Crippen LogP contribution is -1.97. The highest BCUT2D eigenvalue weighted by Crippen LogP contribution is 2.37. The fourth-order valence-electron chi connectivity index (χ4n) is 1.48. The van der Waals surface area contributed by atoms with Gasteiger partial charge in [-0.05, 0) is 17.7 Å². The Hall–Kier alpha value is -1.40. The first-order chi connectivity index (χ1) is 7.31. The Morgan fingerprint density at radius 1 is 1.33 bits per heavy atom. The largest absolute Gasteiger partial charge is 0.489 e. The van der Waals surface area contributed by atoms with Gasteiger partial charge in [-0.25, -0.2) is 0 Å². The molecule has 2 rings (SSSR count). The summed E-state index contributed by atoms with van der Waals surface area (Å²) in [5, 5.41) is 9.12. The van der Waals surface area contributed by atoms with E-state index in [9.17, 15) is 0 Å². The zero-order chi connectivity index (χ0) is 10.7. The molecule has 0 N–H and O–H groups in total. The minimum atomic E-state index is 0.330. The van der Waals surface area contributed by atoms with Gasteiger partial charge in [0.2, 0.25) is 0 Å². The minimum absolute atomic E-state index is 0.330. The van der Waals surface area contributed by atoms with Crippen LogP contribution in [0, 0.1) is 11.3 Å². The molecule has 1 aromatic rings. The van der Waals surface area contributed by atoms with Crippen LogP contribution in [0.2, 0.25) is 5.02 Å². The van der Waals surface area contributed by atoms with E-state index in [4.69, 9.17) is 26.3 Å². The number of hydrogen-bond donors (Lipinski definition) is 0. The third kappa shape index (κ3) is 2.16. The van der Waals surface area contributed by atoms with Gasteiger partial charge in [0.1, 0.15) is 0 Å². The van der Waals surface area contributed by atoms with Crippen molar-refractivity contribution >= 4 is 11.6 Å². The van der Waals surface area contributed by atoms with E-state index >= 15 is 0 Å². The Balaban J connectivity index is 2.40. The number of nitriles is 1. The molecule has 0 unspecified atom stereocenters. The van der Waals surface area contributed by atoms with Crippen LogP contribution in [0.15, 0.2) is 12.1 Å². The fourth-order valence-corrected chi connectivity index (χ4v) is 1.77. The summed E-state index contributed by atoms with van der Waals surface area (Å²) >= 11 is 6.04. The maximum absolute atomic E-state index is 8.61. The maximum Gasteiger partial charge on any atom is 0.179 e. The number of rotatable bonds is 1. The first-order valence-electron chi connectivity index (χ1n) is 4.76. The van der Waals surface area contributed by atoms with E-state index < -0.39 is 0 Å². The molecule has 1 aliphatic heterocycles. The van der Waals surface area contributed by atoms with Crippen molar-refractivity contribution in [1.29, 1.82) is 5.26 Å². The molecule has 3 nitrogen and oxygen atoms in total. The number of fused-ring (bicyclic) bond motifs is 1. The van der Waals surface area contributed by atoms with Crippen LogP contribution in [-0.2, 0) is 6.42 Å². The van der Waals surface area contributed by atoms with Crippen LogP contribution < -0.4 is 9.47 Å². The Morgan fingerprint density at radius 2 is 2.13 bits per heavy atom. The normalized spacial score (nSPS) is 14.1. The highest BCUT2D eigenvalue weighted by molar-refractivity contribution is 6.32. The van der Waals surface area contributed by atoms with E-state index in [-0.39, 0.29) is 0 Å². The summed E-state index contributed by atoms with van der Waals surface area (Å²) in [6.45, 7) is 1.24. The number of hydrogen-bond acceptors (Lipinski definition) is 3. The van der Waals surface area contributed by atoms with Gasteiger partial charge in [-0.3, -0.25) is 0 Å². The second-order valence-electron chi connectivity index (χ2n) is 3.29. The lowest BCUT2D eigenvalue weighted by atomic mass is 10.1. The molecule has 0 bridgehead atoms. The maximum atomic E-state index is 8.61. The van der Waals surface area contributed by atoms with E-state index in [1.165, 1.54) is 0 Å². The molecule has 78 valence electrons. The lowest BCUT2D eigenvalue weighted by Gasteiger charge is -2.10. The summed E-state index contributed by atoms with van der Waals surface area (Å²) in [4.78, 5) is 0. The van der Waals surface area contributed by atoms with Gasteiger partial charge < -0.3 is 9.47 Å². The van der Waals surface area contributed by atoms with Crippen molar-refractivity contribution in [3.05, 3.63) is 22.7 Å².